The fourth-order valence-corrected chi connectivity index (χ4v) is 1.23. The predicted molar refractivity (Wildman–Crippen MR) is 73.7 cm³/mol. The van der Waals surface area contributed by atoms with E-state index >= 15 is 0 Å². The van der Waals surface area contributed by atoms with Gasteiger partial charge in [0.25, 0.3) is 11.8 Å². The minimum atomic E-state index is -0.509. The molecular formula is C14H15N3O2. The topological polar surface area (TPSA) is 84.2 Å². The summed E-state index contributed by atoms with van der Waals surface area (Å²) < 4.78 is 0. The van der Waals surface area contributed by atoms with Crippen LogP contribution in [0.2, 0.25) is 0 Å². The third-order valence-electron chi connectivity index (χ3n) is 2.18. The Kier molecular flexibility index (Phi) is 5.62. The molecule has 0 aliphatic heterocycles. The summed E-state index contributed by atoms with van der Waals surface area (Å²) in [6.07, 6.45) is 5.71. The van der Waals surface area contributed by atoms with Gasteiger partial charge in [-0.25, -0.2) is 0 Å². The number of nitrogens with two attached hydrogens (primary N) is 1. The van der Waals surface area contributed by atoms with E-state index in [1.807, 2.05) is 0 Å². The lowest BCUT2D eigenvalue weighted by Crippen LogP contribution is -2.42. The molecule has 5 heteroatoms. The highest BCUT2D eigenvalue weighted by atomic mass is 16.2. The maximum absolute atomic E-state index is 11.7. The number of amides is 2. The maximum Gasteiger partial charge on any atom is 0.271 e. The number of hydrazine groups is 1. The molecule has 0 heterocycles. The van der Waals surface area contributed by atoms with Gasteiger partial charge in [-0.2, -0.15) is 0 Å². The van der Waals surface area contributed by atoms with Crippen molar-refractivity contribution in [2.75, 3.05) is 0 Å². The van der Waals surface area contributed by atoms with Crippen LogP contribution in [0, 0.1) is 0 Å². The predicted octanol–water partition coefficient (Wildman–Crippen LogP) is 1.03. The monoisotopic (exact) mass is 257 g/mol. The first-order valence-corrected chi connectivity index (χ1v) is 5.55. The molecule has 4 N–H and O–H groups in total. The number of benzene rings is 1. The maximum atomic E-state index is 11.7. The molecule has 0 fully saturated rings. The second-order valence-corrected chi connectivity index (χ2v) is 3.49. The Morgan fingerprint density at radius 1 is 1.16 bits per heavy atom. The minimum absolute atomic E-state index is 0.216. The summed E-state index contributed by atoms with van der Waals surface area (Å²) >= 11 is 0. The van der Waals surface area contributed by atoms with Crippen molar-refractivity contribution >= 4 is 11.8 Å². The number of carbonyl (C=O) groups excluding carboxylic acids is 2. The van der Waals surface area contributed by atoms with Gasteiger partial charge in [0.15, 0.2) is 0 Å². The molecule has 98 valence electrons. The molecule has 1 aromatic carbocycles. The van der Waals surface area contributed by atoms with Crippen molar-refractivity contribution in [1.82, 2.24) is 10.9 Å². The van der Waals surface area contributed by atoms with Crippen LogP contribution >= 0.6 is 0 Å². The summed E-state index contributed by atoms with van der Waals surface area (Å²) in [5.41, 5.74) is 10.5. The van der Waals surface area contributed by atoms with Gasteiger partial charge in [-0.3, -0.25) is 20.4 Å². The van der Waals surface area contributed by atoms with Gasteiger partial charge in [0, 0.05) is 11.8 Å². The van der Waals surface area contributed by atoms with E-state index in [0.717, 1.165) is 6.20 Å². The largest absolute Gasteiger partial charge is 0.404 e. The molecule has 0 aliphatic rings. The zero-order chi connectivity index (χ0) is 14.1. The third kappa shape index (κ3) is 4.51. The van der Waals surface area contributed by atoms with Crippen LogP contribution < -0.4 is 16.6 Å². The van der Waals surface area contributed by atoms with Gasteiger partial charge < -0.3 is 5.73 Å². The van der Waals surface area contributed by atoms with Gasteiger partial charge in [0.1, 0.15) is 0 Å². The Morgan fingerprint density at radius 3 is 2.42 bits per heavy atom. The standard InChI is InChI=1S/C14H15N3O2/c1-2-3-7-12(10-15)14(19)17-16-13(18)11-8-5-4-6-9-11/h2-10H,1,15H2,(H,16,18)(H,17,19)/b7-3-,12-10+. The molecule has 0 spiro atoms. The van der Waals surface area contributed by atoms with Gasteiger partial charge >= 0.3 is 0 Å². The SMILES string of the molecule is C=C/C=C\C(=C/N)C(=O)NNC(=O)c1ccccc1. The summed E-state index contributed by atoms with van der Waals surface area (Å²) in [6.45, 7) is 3.48. The molecule has 0 saturated carbocycles. The number of allylic oxidation sites excluding steroid dienone is 2. The van der Waals surface area contributed by atoms with Crippen molar-refractivity contribution in [3.63, 3.8) is 0 Å². The van der Waals surface area contributed by atoms with Crippen LogP contribution in [-0.2, 0) is 4.79 Å². The van der Waals surface area contributed by atoms with Crippen LogP contribution in [0.1, 0.15) is 10.4 Å². The average molecular weight is 257 g/mol. The number of rotatable bonds is 4. The zero-order valence-corrected chi connectivity index (χ0v) is 10.3. The second-order valence-electron chi connectivity index (χ2n) is 3.49. The lowest BCUT2D eigenvalue weighted by atomic mass is 10.2. The molecule has 0 unspecified atom stereocenters. The molecule has 0 aliphatic carbocycles. The van der Waals surface area contributed by atoms with E-state index in [1.54, 1.807) is 36.4 Å². The summed E-state index contributed by atoms with van der Waals surface area (Å²) in [6, 6.07) is 8.53. The van der Waals surface area contributed by atoms with Crippen LogP contribution in [0.5, 0.6) is 0 Å². The number of hydrogen-bond donors (Lipinski definition) is 3. The van der Waals surface area contributed by atoms with Crippen LogP contribution in [0.15, 0.2) is 66.9 Å². The smallest absolute Gasteiger partial charge is 0.271 e. The van der Waals surface area contributed by atoms with Gasteiger partial charge in [-0.15, -0.1) is 0 Å². The minimum Gasteiger partial charge on any atom is -0.404 e. The molecule has 1 rings (SSSR count). The average Bonchev–Trinajstić information content (AvgIpc) is 2.46. The second kappa shape index (κ2) is 7.50. The zero-order valence-electron chi connectivity index (χ0n) is 10.3. The van der Waals surface area contributed by atoms with Gasteiger partial charge in [0.2, 0.25) is 0 Å². The number of carbonyl (C=O) groups is 2. The third-order valence-corrected chi connectivity index (χ3v) is 2.18. The van der Waals surface area contributed by atoms with E-state index < -0.39 is 11.8 Å². The first kappa shape index (κ1) is 14.2. The molecular weight excluding hydrogens is 242 g/mol. The van der Waals surface area contributed by atoms with Crippen molar-refractivity contribution in [2.45, 2.75) is 0 Å². The van der Waals surface area contributed by atoms with Crippen LogP contribution in [0.4, 0.5) is 0 Å². The quantitative estimate of drug-likeness (QED) is 0.428. The van der Waals surface area contributed by atoms with E-state index in [-0.39, 0.29) is 5.57 Å². The molecule has 0 radical (unpaired) electrons. The fourth-order valence-electron chi connectivity index (χ4n) is 1.23. The Labute approximate surface area is 111 Å². The number of nitrogens with one attached hydrogen (secondary N) is 2. The highest BCUT2D eigenvalue weighted by Gasteiger charge is 2.08. The molecule has 2 amide bonds. The number of hydrogen-bond acceptors (Lipinski definition) is 3. The lowest BCUT2D eigenvalue weighted by molar-refractivity contribution is -0.117. The summed E-state index contributed by atoms with van der Waals surface area (Å²) in [5, 5.41) is 0. The van der Waals surface area contributed by atoms with Gasteiger partial charge in [-0.1, -0.05) is 36.9 Å². The Balaban J connectivity index is 2.57. The molecule has 5 nitrogen and oxygen atoms in total. The summed E-state index contributed by atoms with van der Waals surface area (Å²) in [4.78, 5) is 23.3. The summed E-state index contributed by atoms with van der Waals surface area (Å²) in [7, 11) is 0. The molecule has 19 heavy (non-hydrogen) atoms. The van der Waals surface area contributed by atoms with Crippen molar-refractivity contribution in [1.29, 1.82) is 0 Å². The van der Waals surface area contributed by atoms with Crippen molar-refractivity contribution in [2.24, 2.45) is 5.73 Å². The van der Waals surface area contributed by atoms with Crippen molar-refractivity contribution in [3.05, 3.63) is 72.5 Å². The molecule has 0 atom stereocenters. The Morgan fingerprint density at radius 2 is 1.84 bits per heavy atom. The Hall–Kier alpha value is -2.82. The highest BCUT2D eigenvalue weighted by Crippen LogP contribution is 1.98. The van der Waals surface area contributed by atoms with Crippen molar-refractivity contribution < 1.29 is 9.59 Å². The van der Waals surface area contributed by atoms with Crippen LogP contribution in [-0.4, -0.2) is 11.8 Å². The summed E-state index contributed by atoms with van der Waals surface area (Å²) in [5.74, 6) is -0.914. The first-order chi connectivity index (χ1) is 9.19. The van der Waals surface area contributed by atoms with E-state index in [1.165, 1.54) is 12.2 Å². The van der Waals surface area contributed by atoms with Gasteiger partial charge in [-0.05, 0) is 18.2 Å². The lowest BCUT2D eigenvalue weighted by Gasteiger charge is -2.07. The molecule has 0 bridgehead atoms. The highest BCUT2D eigenvalue weighted by molar-refractivity contribution is 5.99. The normalized spacial score (nSPS) is 11.1. The van der Waals surface area contributed by atoms with E-state index in [0.29, 0.717) is 5.56 Å². The van der Waals surface area contributed by atoms with E-state index in [4.69, 9.17) is 5.73 Å². The fraction of sp³-hybridized carbons (Fsp3) is 0. The van der Waals surface area contributed by atoms with Gasteiger partial charge in [0.05, 0.1) is 5.57 Å². The first-order valence-electron chi connectivity index (χ1n) is 5.55. The van der Waals surface area contributed by atoms with E-state index in [9.17, 15) is 9.59 Å². The molecule has 0 saturated heterocycles. The van der Waals surface area contributed by atoms with Crippen molar-refractivity contribution in [3.8, 4) is 0 Å². The Bertz CT molecular complexity index is 519. The van der Waals surface area contributed by atoms with E-state index in [2.05, 4.69) is 17.4 Å². The van der Waals surface area contributed by atoms with Crippen LogP contribution in [0.25, 0.3) is 0 Å². The molecule has 0 aromatic heterocycles. The molecule has 1 aromatic rings. The van der Waals surface area contributed by atoms with Crippen LogP contribution in [0.3, 0.4) is 0 Å².